The molecule has 2 aromatic heterocycles. The maximum Gasteiger partial charge on any atom is 0.407 e. The quantitative estimate of drug-likeness (QED) is 0.370. The minimum atomic E-state index is -3.80. The van der Waals surface area contributed by atoms with Gasteiger partial charge in [-0.2, -0.15) is 5.10 Å². The number of nitrogens with zero attached hydrogens (tertiary/aromatic N) is 4. The van der Waals surface area contributed by atoms with Gasteiger partial charge >= 0.3 is 6.09 Å². The van der Waals surface area contributed by atoms with Gasteiger partial charge in [-0.05, 0) is 39.0 Å². The Kier molecular flexibility index (Phi) is 7.47. The van der Waals surface area contributed by atoms with E-state index in [0.29, 0.717) is 5.56 Å². The number of amides is 1. The van der Waals surface area contributed by atoms with Crippen molar-refractivity contribution in [2.24, 2.45) is 0 Å². The largest absolute Gasteiger partial charge is 0.453 e. The van der Waals surface area contributed by atoms with Crippen LogP contribution in [-0.4, -0.2) is 60.2 Å². The summed E-state index contributed by atoms with van der Waals surface area (Å²) in [6.45, 7) is 2.98. The number of hydrogen-bond acceptors (Lipinski definition) is 8. The Bertz CT molecular complexity index is 1450. The molecular formula is C22H27ClFN7O4S. The smallest absolute Gasteiger partial charge is 0.407 e. The van der Waals surface area contributed by atoms with Crippen LogP contribution in [0.4, 0.5) is 20.8 Å². The highest BCUT2D eigenvalue weighted by molar-refractivity contribution is 7.92. The number of methoxy groups -OCH3 is 1. The number of rotatable bonds is 9. The highest BCUT2D eigenvalue weighted by Gasteiger charge is 2.22. The molecule has 194 valence electrons. The zero-order valence-corrected chi connectivity index (χ0v) is 21.7. The second-order valence-corrected chi connectivity index (χ2v) is 10.2. The zero-order chi connectivity index (χ0) is 28.4. The van der Waals surface area contributed by atoms with Crippen molar-refractivity contribution >= 4 is 39.4 Å². The van der Waals surface area contributed by atoms with Gasteiger partial charge in [-0.1, -0.05) is 11.6 Å². The second kappa shape index (κ2) is 11.1. The number of carbonyl (C=O) groups is 1. The average Bonchev–Trinajstić information content (AvgIpc) is 3.25. The third-order valence-electron chi connectivity index (χ3n) is 4.70. The lowest BCUT2D eigenvalue weighted by Gasteiger charge is -2.14. The van der Waals surface area contributed by atoms with Gasteiger partial charge in [0.15, 0.2) is 5.82 Å². The van der Waals surface area contributed by atoms with E-state index in [-0.39, 0.29) is 39.7 Å². The van der Waals surface area contributed by atoms with Gasteiger partial charge < -0.3 is 15.4 Å². The first-order chi connectivity index (χ1) is 17.6. The van der Waals surface area contributed by atoms with Gasteiger partial charge in [0.1, 0.15) is 5.69 Å². The van der Waals surface area contributed by atoms with E-state index < -0.39 is 34.5 Å². The van der Waals surface area contributed by atoms with Gasteiger partial charge in [-0.3, -0.25) is 9.40 Å². The zero-order valence-electron chi connectivity index (χ0n) is 22.1. The molecular weight excluding hydrogens is 513 g/mol. The topological polar surface area (TPSA) is 140 Å². The molecule has 1 amide bonds. The van der Waals surface area contributed by atoms with Crippen LogP contribution >= 0.6 is 11.6 Å². The molecule has 0 spiro atoms. The van der Waals surface area contributed by atoms with Crippen molar-refractivity contribution in [3.8, 4) is 22.5 Å². The normalized spacial score (nSPS) is 13.6. The van der Waals surface area contributed by atoms with E-state index in [2.05, 4.69) is 35.2 Å². The Labute approximate surface area is 216 Å². The van der Waals surface area contributed by atoms with Crippen molar-refractivity contribution in [3.05, 3.63) is 41.4 Å². The van der Waals surface area contributed by atoms with E-state index in [0.717, 1.165) is 19.4 Å². The summed E-state index contributed by atoms with van der Waals surface area (Å²) in [5.41, 5.74) is 0.342. The maximum atomic E-state index is 15.5. The number of alkyl carbamates (subject to hydrolysis) is 1. The minimum absolute atomic E-state index is 0.0719. The third-order valence-corrected chi connectivity index (χ3v) is 5.51. The highest BCUT2D eigenvalue weighted by atomic mass is 35.5. The Morgan fingerprint density at radius 1 is 1.31 bits per heavy atom. The molecule has 0 saturated heterocycles. The van der Waals surface area contributed by atoms with Crippen LogP contribution in [0, 0.1) is 5.82 Å². The fourth-order valence-corrected chi connectivity index (χ4v) is 3.86. The van der Waals surface area contributed by atoms with Crippen molar-refractivity contribution in [1.82, 2.24) is 25.1 Å². The van der Waals surface area contributed by atoms with Gasteiger partial charge in [0.25, 0.3) is 0 Å². The number of nitrogens with one attached hydrogen (secondary N) is 3. The van der Waals surface area contributed by atoms with Crippen LogP contribution in [0.5, 0.6) is 0 Å². The average molecular weight is 542 g/mol. The summed E-state index contributed by atoms with van der Waals surface area (Å²) in [6, 6.07) is 2.85. The molecule has 1 unspecified atom stereocenters. The predicted molar refractivity (Wildman–Crippen MR) is 136 cm³/mol. The number of ether oxygens (including phenoxy) is 1. The minimum Gasteiger partial charge on any atom is -0.453 e. The number of anilines is 2. The fraction of sp³-hybridized carbons (Fsp3) is 0.364. The molecule has 14 heteroatoms. The molecule has 1 aromatic carbocycles. The molecule has 3 aromatic rings. The Morgan fingerprint density at radius 2 is 2.03 bits per heavy atom. The van der Waals surface area contributed by atoms with E-state index in [1.807, 2.05) is 13.8 Å². The molecule has 36 heavy (non-hydrogen) atoms. The van der Waals surface area contributed by atoms with Gasteiger partial charge in [-0.15, -0.1) is 0 Å². The number of aromatic nitrogens is 4. The van der Waals surface area contributed by atoms with Crippen LogP contribution in [0.25, 0.3) is 22.5 Å². The standard InChI is InChI=1S/C22H27ClFN7O4S/c1-12(2)31-11-16(17-6-7-25-21(28-17)26-10-13(3)27-22(32)35-4)20(29-31)15-8-14(23)9-18(19(15)24)30-36(5,33)34/h6-9,11-13,30H,10H2,1-5H3,(H,27,32)(H,25,26,28)/i10D2. The van der Waals surface area contributed by atoms with Crippen LogP contribution in [-0.2, 0) is 14.8 Å². The second-order valence-electron chi connectivity index (χ2n) is 8.05. The fourth-order valence-electron chi connectivity index (χ4n) is 3.09. The molecule has 2 heterocycles. The molecule has 0 aliphatic rings. The first kappa shape index (κ1) is 24.3. The van der Waals surface area contributed by atoms with Crippen LogP contribution in [0.1, 0.15) is 29.6 Å². The summed E-state index contributed by atoms with van der Waals surface area (Å²) in [4.78, 5) is 19.9. The molecule has 0 aliphatic heterocycles. The summed E-state index contributed by atoms with van der Waals surface area (Å²) in [5.74, 6) is -0.998. The Morgan fingerprint density at radius 3 is 2.67 bits per heavy atom. The number of hydrogen-bond donors (Lipinski definition) is 3. The van der Waals surface area contributed by atoms with Crippen molar-refractivity contribution in [2.75, 3.05) is 29.9 Å². The van der Waals surface area contributed by atoms with Crippen LogP contribution < -0.4 is 15.4 Å². The predicted octanol–water partition coefficient (Wildman–Crippen LogP) is 3.91. The number of sulfonamides is 1. The highest BCUT2D eigenvalue weighted by Crippen LogP contribution is 2.37. The third kappa shape index (κ3) is 6.82. The number of halogens is 2. The van der Waals surface area contributed by atoms with E-state index >= 15 is 4.39 Å². The number of carbonyl (C=O) groups excluding carboxylic acids is 1. The van der Waals surface area contributed by atoms with Crippen LogP contribution in [0.3, 0.4) is 0 Å². The van der Waals surface area contributed by atoms with Crippen molar-refractivity contribution in [1.29, 1.82) is 0 Å². The molecule has 1 atom stereocenters. The lowest BCUT2D eigenvalue weighted by Crippen LogP contribution is -2.37. The van der Waals surface area contributed by atoms with Crippen LogP contribution in [0.2, 0.25) is 5.02 Å². The molecule has 3 N–H and O–H groups in total. The SMILES string of the molecule is [2H]C([2H])(Nc1nccc(-c2cn(C(C)C)nc2-c2cc(Cl)cc(NS(C)(=O)=O)c2F)n1)C(C)NC(=O)OC. The van der Waals surface area contributed by atoms with Crippen molar-refractivity contribution < 1.29 is 25.1 Å². The molecule has 0 fully saturated rings. The first-order valence-corrected chi connectivity index (χ1v) is 12.9. The lowest BCUT2D eigenvalue weighted by atomic mass is 10.0. The molecule has 0 radical (unpaired) electrons. The summed E-state index contributed by atoms with van der Waals surface area (Å²) >= 11 is 6.19. The van der Waals surface area contributed by atoms with Gasteiger partial charge in [-0.25, -0.2) is 27.6 Å². The van der Waals surface area contributed by atoms with Gasteiger partial charge in [0.2, 0.25) is 16.0 Å². The molecule has 0 saturated carbocycles. The van der Waals surface area contributed by atoms with Crippen LogP contribution in [0.15, 0.2) is 30.6 Å². The van der Waals surface area contributed by atoms with Crippen molar-refractivity contribution in [2.45, 2.75) is 32.9 Å². The van der Waals surface area contributed by atoms with Crippen molar-refractivity contribution in [3.63, 3.8) is 0 Å². The van der Waals surface area contributed by atoms with E-state index in [9.17, 15) is 13.2 Å². The van der Waals surface area contributed by atoms with Gasteiger partial charge in [0.05, 0.1) is 27.5 Å². The summed E-state index contributed by atoms with van der Waals surface area (Å²) < 4.78 is 63.7. The Hall–Kier alpha value is -3.45. The summed E-state index contributed by atoms with van der Waals surface area (Å²) in [5, 5.41) is 9.46. The monoisotopic (exact) mass is 541 g/mol. The molecule has 0 aliphatic carbocycles. The Balaban J connectivity index is 2.09. The lowest BCUT2D eigenvalue weighted by molar-refractivity contribution is 0.168. The molecule has 11 nitrogen and oxygen atoms in total. The maximum absolute atomic E-state index is 15.5. The van der Waals surface area contributed by atoms with E-state index in [4.69, 9.17) is 14.3 Å². The van der Waals surface area contributed by atoms with Gasteiger partial charge in [0, 0.05) is 47.1 Å². The first-order valence-electron chi connectivity index (χ1n) is 11.6. The van der Waals surface area contributed by atoms with E-state index in [1.165, 1.54) is 25.3 Å². The molecule has 3 rings (SSSR count). The summed E-state index contributed by atoms with van der Waals surface area (Å²) in [7, 11) is -2.64. The summed E-state index contributed by atoms with van der Waals surface area (Å²) in [6.07, 6.45) is 3.09. The number of benzene rings is 1. The van der Waals surface area contributed by atoms with E-state index in [1.54, 1.807) is 10.9 Å². The molecule has 0 bridgehead atoms.